The Labute approximate surface area is 148 Å². The molecule has 0 aliphatic rings. The first kappa shape index (κ1) is 16.1. The maximum Gasteiger partial charge on any atom is 0.253 e. The van der Waals surface area contributed by atoms with Crippen LogP contribution in [0.25, 0.3) is 0 Å². The highest BCUT2D eigenvalue weighted by atomic mass is 79.9. The summed E-state index contributed by atoms with van der Waals surface area (Å²) >= 11 is 3.43. The van der Waals surface area contributed by atoms with E-state index >= 15 is 0 Å². The van der Waals surface area contributed by atoms with Crippen molar-refractivity contribution in [3.63, 3.8) is 0 Å². The lowest BCUT2D eigenvalue weighted by Crippen LogP contribution is -2.23. The molecular formula is C18H15BrN4O. The van der Waals surface area contributed by atoms with Crippen LogP contribution in [0.3, 0.4) is 0 Å². The molecule has 3 aromatic rings. The van der Waals surface area contributed by atoms with Gasteiger partial charge < -0.3 is 10.6 Å². The first-order valence-electron chi connectivity index (χ1n) is 7.36. The number of nitrogens with one attached hydrogen (secondary N) is 2. The number of benzene rings is 1. The molecule has 3 rings (SSSR count). The second-order valence-electron chi connectivity index (χ2n) is 5.10. The lowest BCUT2D eigenvalue weighted by atomic mass is 10.2. The summed E-state index contributed by atoms with van der Waals surface area (Å²) < 4.78 is 0.977. The summed E-state index contributed by atoms with van der Waals surface area (Å²) in [7, 11) is 0. The maximum absolute atomic E-state index is 12.3. The zero-order chi connectivity index (χ0) is 16.8. The number of hydrogen-bond donors (Lipinski definition) is 2. The number of amides is 1. The van der Waals surface area contributed by atoms with E-state index in [1.54, 1.807) is 24.7 Å². The van der Waals surface area contributed by atoms with Gasteiger partial charge in [-0.2, -0.15) is 0 Å². The number of carbonyl (C=O) groups excluding carboxylic acids is 1. The number of rotatable bonds is 5. The lowest BCUT2D eigenvalue weighted by Gasteiger charge is -2.09. The molecule has 0 aliphatic carbocycles. The van der Waals surface area contributed by atoms with Gasteiger partial charge in [0.25, 0.3) is 5.91 Å². The van der Waals surface area contributed by atoms with Crippen LogP contribution in [-0.2, 0) is 6.54 Å². The SMILES string of the molecule is O=C(NCc1ccccn1)c1cncc(Nc2cccc(Br)c2)c1. The molecule has 0 aliphatic heterocycles. The Kier molecular flexibility index (Phi) is 5.18. The van der Waals surface area contributed by atoms with Crippen LogP contribution in [0, 0.1) is 0 Å². The van der Waals surface area contributed by atoms with Crippen LogP contribution in [0.2, 0.25) is 0 Å². The molecule has 0 fully saturated rings. The van der Waals surface area contributed by atoms with Crippen molar-refractivity contribution in [2.45, 2.75) is 6.54 Å². The first-order valence-corrected chi connectivity index (χ1v) is 8.16. The summed E-state index contributed by atoms with van der Waals surface area (Å²) in [5, 5.41) is 6.07. The molecule has 0 unspecified atom stereocenters. The number of aromatic nitrogens is 2. The van der Waals surface area contributed by atoms with E-state index in [0.29, 0.717) is 12.1 Å². The summed E-state index contributed by atoms with van der Waals surface area (Å²) in [4.78, 5) is 20.6. The normalized spacial score (nSPS) is 10.2. The van der Waals surface area contributed by atoms with E-state index < -0.39 is 0 Å². The monoisotopic (exact) mass is 382 g/mol. The first-order chi connectivity index (χ1) is 11.7. The number of hydrogen-bond acceptors (Lipinski definition) is 4. The fourth-order valence-corrected chi connectivity index (χ4v) is 2.54. The van der Waals surface area contributed by atoms with Gasteiger partial charge in [0.05, 0.1) is 29.7 Å². The predicted octanol–water partition coefficient (Wildman–Crippen LogP) is 3.91. The summed E-state index contributed by atoms with van der Waals surface area (Å²) in [6.07, 6.45) is 4.92. The molecule has 120 valence electrons. The number of carbonyl (C=O) groups is 1. The molecule has 0 bridgehead atoms. The van der Waals surface area contributed by atoms with Crippen LogP contribution in [0.1, 0.15) is 16.1 Å². The third-order valence-corrected chi connectivity index (χ3v) is 3.76. The molecule has 24 heavy (non-hydrogen) atoms. The Bertz CT molecular complexity index is 839. The molecule has 0 saturated carbocycles. The molecule has 2 heterocycles. The van der Waals surface area contributed by atoms with E-state index in [0.717, 1.165) is 21.5 Å². The van der Waals surface area contributed by atoms with Crippen molar-refractivity contribution in [2.24, 2.45) is 0 Å². The number of anilines is 2. The Balaban J connectivity index is 1.67. The molecule has 2 aromatic heterocycles. The minimum atomic E-state index is -0.189. The largest absolute Gasteiger partial charge is 0.354 e. The van der Waals surface area contributed by atoms with Gasteiger partial charge in [-0.25, -0.2) is 0 Å². The van der Waals surface area contributed by atoms with Gasteiger partial charge >= 0.3 is 0 Å². The lowest BCUT2D eigenvalue weighted by molar-refractivity contribution is 0.0950. The zero-order valence-electron chi connectivity index (χ0n) is 12.7. The summed E-state index contributed by atoms with van der Waals surface area (Å²) in [6, 6.07) is 15.1. The van der Waals surface area contributed by atoms with Crippen molar-refractivity contribution in [1.82, 2.24) is 15.3 Å². The topological polar surface area (TPSA) is 66.9 Å². The van der Waals surface area contributed by atoms with Crippen molar-refractivity contribution >= 4 is 33.2 Å². The second-order valence-corrected chi connectivity index (χ2v) is 6.02. The molecule has 0 saturated heterocycles. The van der Waals surface area contributed by atoms with Gasteiger partial charge in [0, 0.05) is 22.6 Å². The average Bonchev–Trinajstić information content (AvgIpc) is 2.61. The third-order valence-electron chi connectivity index (χ3n) is 3.27. The molecule has 0 radical (unpaired) electrons. The van der Waals surface area contributed by atoms with Crippen LogP contribution in [0.4, 0.5) is 11.4 Å². The highest BCUT2D eigenvalue weighted by molar-refractivity contribution is 9.10. The van der Waals surface area contributed by atoms with E-state index in [2.05, 4.69) is 36.5 Å². The molecule has 6 heteroatoms. The van der Waals surface area contributed by atoms with Gasteiger partial charge in [0.2, 0.25) is 0 Å². The quantitative estimate of drug-likeness (QED) is 0.701. The number of halogens is 1. The number of pyridine rings is 2. The molecule has 1 amide bonds. The molecule has 5 nitrogen and oxygen atoms in total. The van der Waals surface area contributed by atoms with E-state index in [-0.39, 0.29) is 5.91 Å². The van der Waals surface area contributed by atoms with Crippen molar-refractivity contribution < 1.29 is 4.79 Å². The van der Waals surface area contributed by atoms with E-state index in [1.165, 1.54) is 0 Å². The molecule has 1 aromatic carbocycles. The Hall–Kier alpha value is -2.73. The van der Waals surface area contributed by atoms with Gasteiger partial charge in [0.15, 0.2) is 0 Å². The molecule has 0 spiro atoms. The van der Waals surface area contributed by atoms with Crippen molar-refractivity contribution in [2.75, 3.05) is 5.32 Å². The minimum absolute atomic E-state index is 0.189. The smallest absolute Gasteiger partial charge is 0.253 e. The van der Waals surface area contributed by atoms with E-state index in [1.807, 2.05) is 42.5 Å². The predicted molar refractivity (Wildman–Crippen MR) is 97.1 cm³/mol. The summed E-state index contributed by atoms with van der Waals surface area (Å²) in [6.45, 7) is 0.378. The highest BCUT2D eigenvalue weighted by Gasteiger charge is 2.07. The summed E-state index contributed by atoms with van der Waals surface area (Å²) in [5.41, 5.74) is 2.96. The van der Waals surface area contributed by atoms with E-state index in [4.69, 9.17) is 0 Å². The Morgan fingerprint density at radius 1 is 1.04 bits per heavy atom. The highest BCUT2D eigenvalue weighted by Crippen LogP contribution is 2.20. The second kappa shape index (κ2) is 7.70. The van der Waals surface area contributed by atoms with Crippen LogP contribution in [0.5, 0.6) is 0 Å². The van der Waals surface area contributed by atoms with Gasteiger partial charge in [-0.3, -0.25) is 14.8 Å². The molecule has 0 atom stereocenters. The Morgan fingerprint density at radius 2 is 1.96 bits per heavy atom. The van der Waals surface area contributed by atoms with Gasteiger partial charge in [-0.05, 0) is 36.4 Å². The van der Waals surface area contributed by atoms with Crippen LogP contribution < -0.4 is 10.6 Å². The fraction of sp³-hybridized carbons (Fsp3) is 0.0556. The standard InChI is InChI=1S/C18H15BrN4O/c19-14-4-3-6-15(9-14)23-17-8-13(10-20-11-17)18(24)22-12-16-5-1-2-7-21-16/h1-11,23H,12H2,(H,22,24). The summed E-state index contributed by atoms with van der Waals surface area (Å²) in [5.74, 6) is -0.189. The number of nitrogens with zero attached hydrogens (tertiary/aromatic N) is 2. The average molecular weight is 383 g/mol. The van der Waals surface area contributed by atoms with Gasteiger partial charge in [-0.15, -0.1) is 0 Å². The van der Waals surface area contributed by atoms with E-state index in [9.17, 15) is 4.79 Å². The fourth-order valence-electron chi connectivity index (χ4n) is 2.14. The van der Waals surface area contributed by atoms with Crippen molar-refractivity contribution in [3.05, 3.63) is 82.9 Å². The van der Waals surface area contributed by atoms with Gasteiger partial charge in [0.1, 0.15) is 0 Å². The zero-order valence-corrected chi connectivity index (χ0v) is 14.3. The minimum Gasteiger partial charge on any atom is -0.354 e. The van der Waals surface area contributed by atoms with Crippen molar-refractivity contribution in [3.8, 4) is 0 Å². The molecular weight excluding hydrogens is 368 g/mol. The van der Waals surface area contributed by atoms with Crippen LogP contribution in [0.15, 0.2) is 71.6 Å². The Morgan fingerprint density at radius 3 is 2.75 bits per heavy atom. The van der Waals surface area contributed by atoms with Crippen molar-refractivity contribution in [1.29, 1.82) is 0 Å². The van der Waals surface area contributed by atoms with Crippen LogP contribution in [-0.4, -0.2) is 15.9 Å². The maximum atomic E-state index is 12.3. The van der Waals surface area contributed by atoms with Crippen LogP contribution >= 0.6 is 15.9 Å². The molecule has 2 N–H and O–H groups in total. The van der Waals surface area contributed by atoms with Gasteiger partial charge in [-0.1, -0.05) is 28.1 Å². The third kappa shape index (κ3) is 4.39.